The van der Waals surface area contributed by atoms with Gasteiger partial charge in [0.15, 0.2) is 28.0 Å². The lowest BCUT2D eigenvalue weighted by Crippen LogP contribution is -2.46. The fourth-order valence-electron chi connectivity index (χ4n) is 12.4. The van der Waals surface area contributed by atoms with Gasteiger partial charge in [0.05, 0.1) is 37.2 Å². The van der Waals surface area contributed by atoms with E-state index in [1.807, 2.05) is 140 Å². The third-order valence-electron chi connectivity index (χ3n) is 19.8. The third kappa shape index (κ3) is 34.9. The fraction of sp³-hybridized carbons (Fsp3) is 0.485. The minimum Gasteiger partial charge on any atom is -0.475 e. The van der Waals surface area contributed by atoms with Crippen LogP contribution in [-0.2, 0) is 50.9 Å². The number of aromatic amines is 1. The molecule has 139 heavy (non-hydrogen) atoms. The van der Waals surface area contributed by atoms with Gasteiger partial charge in [0.2, 0.25) is 41.4 Å². The maximum absolute atomic E-state index is 12.3. The Morgan fingerprint density at radius 3 is 1.47 bits per heavy atom. The Labute approximate surface area is 817 Å². The second-order valence-electron chi connectivity index (χ2n) is 42.2. The SMILES string of the molecule is C=C1N=C(NC(C)=O)C=CN1C(C)(C)C.C=C1NC(=NCC(C)C)C=CN1C(C)(C)C.C=C1NC(=O)C(C)=CN1C(C)(C)C.C=C1NC(=O)C=CN1C(C)(C)C.CC(C)(C)n1cnc2c(NC(=O)c3ccccc3)ccnc21.CC(C)C(=O)Nc1ccn(C(C)(C)C)c(=O)n1.CC(C)C(=O)Nc1nc(OCCC#N)c2ncn(C(C)(C)C)c2n1.CC(C)C(=O)Nc1nc2c(ncn2C(C)(C)C)c(=O)[nH]1. The van der Waals surface area contributed by atoms with E-state index in [-0.39, 0.29) is 151 Å². The number of rotatable bonds is 13. The lowest BCUT2D eigenvalue weighted by Gasteiger charge is -2.38. The number of amides is 7. The predicted molar refractivity (Wildman–Crippen MR) is 552 cm³/mol. The normalized spacial score (nSPS) is 14.3. The van der Waals surface area contributed by atoms with E-state index in [4.69, 9.17) is 10.00 Å². The van der Waals surface area contributed by atoms with Crippen molar-refractivity contribution in [1.29, 1.82) is 5.26 Å². The number of fused-ring (bicyclic) bond motifs is 3. The highest BCUT2D eigenvalue weighted by molar-refractivity contribution is 6.08. The zero-order chi connectivity index (χ0) is 105. The van der Waals surface area contributed by atoms with Gasteiger partial charge in [-0.2, -0.15) is 25.2 Å². The van der Waals surface area contributed by atoms with Crippen LogP contribution in [-0.4, -0.2) is 171 Å². The van der Waals surface area contributed by atoms with Crippen molar-refractivity contribution >= 4 is 110 Å². The number of carbonyl (C=O) groups is 7. The number of H-pyrrole nitrogens is 1. The number of pyridine rings is 1. The molecule has 12 rings (SSSR count). The van der Waals surface area contributed by atoms with Crippen LogP contribution in [0.3, 0.4) is 0 Å². The summed E-state index contributed by atoms with van der Waals surface area (Å²) in [4.78, 5) is 157. The van der Waals surface area contributed by atoms with Gasteiger partial charge in [-0.15, -0.1) is 0 Å². The Balaban J connectivity index is 0.000000283. The molecule has 38 nitrogen and oxygen atoms in total. The first-order valence-electron chi connectivity index (χ1n) is 45.9. The lowest BCUT2D eigenvalue weighted by molar-refractivity contribution is -0.119. The first-order valence-corrected chi connectivity index (χ1v) is 45.9. The average molecular weight is 1910 g/mol. The number of anilines is 4. The molecule has 0 saturated carbocycles. The van der Waals surface area contributed by atoms with Gasteiger partial charge in [-0.25, -0.2) is 29.7 Å². The molecular formula is C101H148N28O10. The van der Waals surface area contributed by atoms with Gasteiger partial charge in [-0.05, 0) is 215 Å². The molecule has 752 valence electrons. The number of nitriles is 1. The molecule has 4 aliphatic heterocycles. The van der Waals surface area contributed by atoms with E-state index < -0.39 is 0 Å². The predicted octanol–water partition coefficient (Wildman–Crippen LogP) is 16.1. The number of amidine groups is 2. The highest BCUT2D eigenvalue weighted by Crippen LogP contribution is 2.31. The molecular weight excluding hydrogens is 1770 g/mol. The summed E-state index contributed by atoms with van der Waals surface area (Å²) < 4.78 is 12.8. The van der Waals surface area contributed by atoms with Crippen molar-refractivity contribution in [3.8, 4) is 11.9 Å². The number of carbonyl (C=O) groups excluding carboxylic acids is 7. The minimum atomic E-state index is -0.364. The van der Waals surface area contributed by atoms with Crippen LogP contribution in [0.15, 0.2) is 192 Å². The number of nitrogens with zero attached hydrogens (tertiary/aromatic N) is 19. The van der Waals surface area contributed by atoms with Crippen molar-refractivity contribution in [3.05, 3.63) is 198 Å². The molecule has 11 heterocycles. The van der Waals surface area contributed by atoms with Gasteiger partial charge in [-0.1, -0.05) is 99.9 Å². The Morgan fingerprint density at radius 1 is 0.504 bits per heavy atom. The molecule has 0 aliphatic carbocycles. The zero-order valence-electron chi connectivity index (χ0n) is 87.8. The Bertz CT molecular complexity index is 6120. The van der Waals surface area contributed by atoms with E-state index in [2.05, 4.69) is 246 Å². The maximum Gasteiger partial charge on any atom is 0.349 e. The molecule has 1 aromatic carbocycles. The number of ether oxygens (including phenoxy) is 1. The molecule has 0 bridgehead atoms. The topological polar surface area (TPSA) is 459 Å². The second-order valence-corrected chi connectivity index (χ2v) is 42.2. The van der Waals surface area contributed by atoms with E-state index in [0.29, 0.717) is 74.2 Å². The van der Waals surface area contributed by atoms with Crippen molar-refractivity contribution in [2.75, 3.05) is 34.4 Å². The molecule has 4 aliphatic rings. The van der Waals surface area contributed by atoms with Gasteiger partial charge in [-0.3, -0.25) is 63.5 Å². The van der Waals surface area contributed by atoms with Gasteiger partial charge >= 0.3 is 5.69 Å². The summed E-state index contributed by atoms with van der Waals surface area (Å²) in [6.07, 6.45) is 21.4. The van der Waals surface area contributed by atoms with Crippen LogP contribution < -0.4 is 58.5 Å². The highest BCUT2D eigenvalue weighted by atomic mass is 16.5. The van der Waals surface area contributed by atoms with Gasteiger partial charge in [0.1, 0.15) is 52.9 Å². The van der Waals surface area contributed by atoms with E-state index in [1.54, 1.807) is 116 Å². The van der Waals surface area contributed by atoms with Crippen molar-refractivity contribution in [2.24, 2.45) is 33.7 Å². The first kappa shape index (κ1) is 115. The summed E-state index contributed by atoms with van der Waals surface area (Å²) in [6, 6.07) is 14.5. The summed E-state index contributed by atoms with van der Waals surface area (Å²) >= 11 is 0. The Morgan fingerprint density at radius 2 is 0.986 bits per heavy atom. The summed E-state index contributed by atoms with van der Waals surface area (Å²) in [5.41, 5.74) is 3.49. The van der Waals surface area contributed by atoms with Crippen LogP contribution in [0.2, 0.25) is 0 Å². The van der Waals surface area contributed by atoms with Crippen LogP contribution in [0.4, 0.5) is 23.4 Å². The van der Waals surface area contributed by atoms with Crippen LogP contribution in [0, 0.1) is 35.0 Å². The summed E-state index contributed by atoms with van der Waals surface area (Å²) in [6.45, 7) is 83.8. The molecule has 7 amide bonds. The minimum absolute atomic E-state index is 0.0404. The molecule has 0 atom stereocenters. The molecule has 0 unspecified atom stereocenters. The molecule has 38 heteroatoms. The third-order valence-corrected chi connectivity index (χ3v) is 19.8. The molecule has 7 aromatic heterocycles. The number of imidazole rings is 3. The van der Waals surface area contributed by atoms with Gasteiger partial charge in [0.25, 0.3) is 23.3 Å². The average Bonchev–Trinajstić information content (AvgIpc) is 1.58. The smallest absolute Gasteiger partial charge is 0.349 e. The number of hydrogen-bond acceptors (Lipinski definition) is 25. The number of benzene rings is 1. The first-order chi connectivity index (χ1) is 63.9. The van der Waals surface area contributed by atoms with Crippen LogP contribution >= 0.6 is 0 Å². The quantitative estimate of drug-likeness (QED) is 0.0484. The largest absolute Gasteiger partial charge is 0.475 e. The number of aromatic nitrogens is 13. The van der Waals surface area contributed by atoms with E-state index in [9.17, 15) is 43.2 Å². The molecule has 0 fully saturated rings. The fourth-order valence-corrected chi connectivity index (χ4v) is 12.4. The van der Waals surface area contributed by atoms with E-state index >= 15 is 0 Å². The van der Waals surface area contributed by atoms with Crippen molar-refractivity contribution in [2.45, 2.75) is 286 Å². The second kappa shape index (κ2) is 48.0. The van der Waals surface area contributed by atoms with Crippen molar-refractivity contribution in [1.82, 2.24) is 104 Å². The lowest BCUT2D eigenvalue weighted by atomic mass is 10.1. The summed E-state index contributed by atoms with van der Waals surface area (Å²) in [5.74, 6) is 4.18. The number of aliphatic imine (C=N–C) groups is 2. The molecule has 9 N–H and O–H groups in total. The molecule has 0 radical (unpaired) electrons. The monoisotopic (exact) mass is 1910 g/mol. The molecule has 0 spiro atoms. The molecule has 0 saturated heterocycles. The van der Waals surface area contributed by atoms with E-state index in [1.165, 1.54) is 17.6 Å². The summed E-state index contributed by atoms with van der Waals surface area (Å²) in [5, 5.41) is 30.6. The highest BCUT2D eigenvalue weighted by Gasteiger charge is 2.31. The number of hydrogen-bond donors (Lipinski definition) is 9. The summed E-state index contributed by atoms with van der Waals surface area (Å²) in [7, 11) is 0. The zero-order valence-corrected chi connectivity index (χ0v) is 87.8. The van der Waals surface area contributed by atoms with E-state index in [0.717, 1.165) is 23.8 Å². The Kier molecular flexibility index (Phi) is 39.7. The van der Waals surface area contributed by atoms with Crippen molar-refractivity contribution < 1.29 is 38.3 Å². The van der Waals surface area contributed by atoms with Gasteiger partial charge < -0.3 is 69.9 Å². The van der Waals surface area contributed by atoms with Crippen LogP contribution in [0.1, 0.15) is 252 Å². The van der Waals surface area contributed by atoms with Crippen LogP contribution in [0.25, 0.3) is 33.5 Å². The standard InChI is InChI=1S/C17H18N4O.C16H22N6O2.C13H19N5O2.C13H23N3.C12H19N3O2.C11H17N3O.C10H16N2O.C9H14N2O/c1-17(2,3)21-11-19-14-13(9-10-18-15(14)21)20-16(22)12-7-5-4-6-8-12;1-10(2)13(23)20-15-19-12-11(14(21-15)24-8-6-7-17)18-9-22(12)16(3,4)5;1-7(2)10(19)16-12-15-9-8(11(20)17-12)14-6-18(9)13(3,4)5;1-10(2)9-14-12-7-8-16(11(3)15-12)13(4,5)6;1-8(2)10(16)13-9-6-7-15(11(17)14-9)12(3,4)5;1-8-12-10(13-9(2)15)6-7-14(8)11(3,4)5;1-7-6-12(10(3,4)5)8(2)11-9(7)13;1-7-10-8(12)5-6-11(7)9(2,3)4/h4-11H,1-3H3,(H,18,20,22);9-10H,6,8H2,1-5H3,(H,19,20,21,23);6-7H,1-5H3,(H2,15,16,17,19,20);7-8,10H,3,9H2,1-2,4-6H3,(H,14,15);6-8H,1-5H3,(H,13,14,16,17);6-7H,1H2,2-5H3,(H,12,13,15);6H,2H2,1,3-5H3,(H,11,13);5-6H,1H2,2-4H3,(H,10,12). The Hall–Kier alpha value is -14.5. The number of nitrogens with one attached hydrogen (secondary N) is 9. The maximum atomic E-state index is 12.3. The van der Waals surface area contributed by atoms with Crippen molar-refractivity contribution in [3.63, 3.8) is 0 Å². The van der Waals surface area contributed by atoms with Gasteiger partial charge in [0, 0.05) is 130 Å². The van der Waals surface area contributed by atoms with Crippen LogP contribution in [0.5, 0.6) is 5.88 Å². The molecule has 8 aromatic rings.